The first-order valence-electron chi connectivity index (χ1n) is 10.4. The van der Waals surface area contributed by atoms with Crippen LogP contribution in [-0.4, -0.2) is 77.1 Å². The van der Waals surface area contributed by atoms with Crippen molar-refractivity contribution in [3.8, 4) is 11.5 Å². The van der Waals surface area contributed by atoms with E-state index in [1.54, 1.807) is 12.1 Å². The highest BCUT2D eigenvalue weighted by Gasteiger charge is 2.44. The molecule has 0 spiro atoms. The number of hydrogen-bond donors (Lipinski definition) is 4. The van der Waals surface area contributed by atoms with Crippen LogP contribution in [0.4, 0.5) is 0 Å². The Hall–Kier alpha value is -2.20. The molecule has 2 heterocycles. The van der Waals surface area contributed by atoms with E-state index in [4.69, 9.17) is 18.9 Å². The van der Waals surface area contributed by atoms with Gasteiger partial charge >= 0.3 is 0 Å². The highest BCUT2D eigenvalue weighted by Crippen LogP contribution is 2.28. The van der Waals surface area contributed by atoms with Gasteiger partial charge in [0.1, 0.15) is 42.0 Å². The van der Waals surface area contributed by atoms with Crippen molar-refractivity contribution in [3.05, 3.63) is 59.7 Å². The molecule has 0 aliphatic carbocycles. The molecule has 31 heavy (non-hydrogen) atoms. The maximum atomic E-state index is 10.2. The molecule has 2 aromatic carbocycles. The van der Waals surface area contributed by atoms with Crippen LogP contribution in [0, 0.1) is 0 Å². The van der Waals surface area contributed by atoms with E-state index in [1.807, 2.05) is 36.4 Å². The molecule has 2 fully saturated rings. The molecule has 0 radical (unpaired) electrons. The summed E-state index contributed by atoms with van der Waals surface area (Å²) < 4.78 is 22.5. The maximum absolute atomic E-state index is 10.2. The number of hydrogen-bond acceptors (Lipinski definition) is 8. The van der Waals surface area contributed by atoms with Crippen LogP contribution in [0.3, 0.4) is 0 Å². The summed E-state index contributed by atoms with van der Waals surface area (Å²) in [6.07, 6.45) is -5.05. The summed E-state index contributed by atoms with van der Waals surface area (Å²) in [5.74, 6) is 1.28. The fourth-order valence-electron chi connectivity index (χ4n) is 3.76. The van der Waals surface area contributed by atoms with Gasteiger partial charge in [-0.05, 0) is 29.3 Å². The summed E-state index contributed by atoms with van der Waals surface area (Å²) in [5, 5.41) is 39.5. The van der Waals surface area contributed by atoms with Crippen molar-refractivity contribution in [3.63, 3.8) is 0 Å². The van der Waals surface area contributed by atoms with Gasteiger partial charge in [-0.25, -0.2) is 0 Å². The van der Waals surface area contributed by atoms with Gasteiger partial charge in [-0.2, -0.15) is 0 Å². The Labute approximate surface area is 180 Å². The molecule has 6 atom stereocenters. The predicted octanol–water partition coefficient (Wildman–Crippen LogP) is 0.624. The maximum Gasteiger partial charge on any atom is 0.229 e. The summed E-state index contributed by atoms with van der Waals surface area (Å²) in [7, 11) is 0. The standard InChI is InChI=1S/C23H28O8/c24-12-19-20(25)21(26)22(27)23(31-19)30-18-4-2-1-3-15(18)11-14-5-7-16(8-6-14)29-17-9-10-28-13-17/h1-8,17,19-27H,9-13H2/t17?,19-,20-,21+,22-,23-/m1/s1. The molecule has 2 aromatic rings. The van der Waals surface area contributed by atoms with E-state index < -0.39 is 37.3 Å². The van der Waals surface area contributed by atoms with Gasteiger partial charge in [0.15, 0.2) is 0 Å². The van der Waals surface area contributed by atoms with Crippen molar-refractivity contribution >= 4 is 0 Å². The molecule has 8 heteroatoms. The van der Waals surface area contributed by atoms with E-state index in [9.17, 15) is 20.4 Å². The van der Waals surface area contributed by atoms with Gasteiger partial charge < -0.3 is 39.4 Å². The highest BCUT2D eigenvalue weighted by atomic mass is 16.7. The van der Waals surface area contributed by atoms with Crippen molar-refractivity contribution in [1.82, 2.24) is 0 Å². The largest absolute Gasteiger partial charge is 0.488 e. The van der Waals surface area contributed by atoms with E-state index in [1.165, 1.54) is 0 Å². The van der Waals surface area contributed by atoms with Gasteiger partial charge in [-0.1, -0.05) is 30.3 Å². The number of ether oxygens (including phenoxy) is 4. The van der Waals surface area contributed by atoms with Gasteiger partial charge in [0.05, 0.1) is 19.8 Å². The highest BCUT2D eigenvalue weighted by molar-refractivity contribution is 5.39. The number of aliphatic hydroxyl groups excluding tert-OH is 4. The van der Waals surface area contributed by atoms with E-state index in [-0.39, 0.29) is 6.10 Å². The Morgan fingerprint density at radius 1 is 0.903 bits per heavy atom. The summed E-state index contributed by atoms with van der Waals surface area (Å²) in [5.41, 5.74) is 1.90. The van der Waals surface area contributed by atoms with E-state index in [0.29, 0.717) is 18.8 Å². The monoisotopic (exact) mass is 432 g/mol. The lowest BCUT2D eigenvalue weighted by Crippen LogP contribution is -2.60. The quantitative estimate of drug-likeness (QED) is 0.503. The van der Waals surface area contributed by atoms with Crippen molar-refractivity contribution in [2.45, 2.75) is 49.7 Å². The van der Waals surface area contributed by atoms with Crippen LogP contribution in [0.25, 0.3) is 0 Å². The zero-order chi connectivity index (χ0) is 21.8. The van der Waals surface area contributed by atoms with Crippen molar-refractivity contribution in [1.29, 1.82) is 0 Å². The molecule has 168 valence electrons. The normalized spacial score (nSPS) is 30.8. The number of para-hydroxylation sites is 1. The zero-order valence-electron chi connectivity index (χ0n) is 17.0. The zero-order valence-corrected chi connectivity index (χ0v) is 17.0. The molecule has 4 rings (SSSR count). The molecule has 2 aliphatic rings. The smallest absolute Gasteiger partial charge is 0.229 e. The van der Waals surface area contributed by atoms with Crippen LogP contribution >= 0.6 is 0 Å². The first kappa shape index (κ1) is 22.0. The first-order valence-corrected chi connectivity index (χ1v) is 10.4. The fourth-order valence-corrected chi connectivity index (χ4v) is 3.76. The second-order valence-electron chi connectivity index (χ2n) is 7.85. The third-order valence-electron chi connectivity index (χ3n) is 5.57. The van der Waals surface area contributed by atoms with Crippen molar-refractivity contribution in [2.75, 3.05) is 19.8 Å². The summed E-state index contributed by atoms with van der Waals surface area (Å²) in [6.45, 7) is 0.840. The van der Waals surface area contributed by atoms with Crippen molar-refractivity contribution in [2.24, 2.45) is 0 Å². The Bertz CT molecular complexity index is 834. The fraction of sp³-hybridized carbons (Fsp3) is 0.478. The molecule has 0 amide bonds. The van der Waals surface area contributed by atoms with Gasteiger partial charge in [0.2, 0.25) is 6.29 Å². The van der Waals surface area contributed by atoms with Crippen molar-refractivity contribution < 1.29 is 39.4 Å². The average Bonchev–Trinajstić information content (AvgIpc) is 3.30. The topological polar surface area (TPSA) is 118 Å². The number of rotatable bonds is 7. The minimum atomic E-state index is -1.49. The molecular weight excluding hydrogens is 404 g/mol. The second kappa shape index (κ2) is 9.95. The Morgan fingerprint density at radius 2 is 1.68 bits per heavy atom. The van der Waals surface area contributed by atoms with Crippen LogP contribution in [0.1, 0.15) is 17.5 Å². The van der Waals surface area contributed by atoms with Crippen LogP contribution < -0.4 is 9.47 Å². The van der Waals surface area contributed by atoms with Crippen LogP contribution in [0.5, 0.6) is 11.5 Å². The average molecular weight is 432 g/mol. The molecule has 0 saturated carbocycles. The summed E-state index contributed by atoms with van der Waals surface area (Å²) in [4.78, 5) is 0. The lowest BCUT2D eigenvalue weighted by molar-refractivity contribution is -0.277. The van der Waals surface area contributed by atoms with E-state index >= 15 is 0 Å². The summed E-state index contributed by atoms with van der Waals surface area (Å²) >= 11 is 0. The third-order valence-corrected chi connectivity index (χ3v) is 5.57. The Kier molecular flexibility index (Phi) is 7.06. The molecule has 0 bridgehead atoms. The molecule has 4 N–H and O–H groups in total. The molecule has 1 unspecified atom stereocenters. The predicted molar refractivity (Wildman–Crippen MR) is 110 cm³/mol. The first-order chi connectivity index (χ1) is 15.0. The van der Waals surface area contributed by atoms with E-state index in [2.05, 4.69) is 0 Å². The minimum absolute atomic E-state index is 0.0958. The molecule has 2 saturated heterocycles. The van der Waals surface area contributed by atoms with Gasteiger partial charge in [-0.15, -0.1) is 0 Å². The SMILES string of the molecule is OC[C@H]1O[C@@H](Oc2ccccc2Cc2ccc(OC3CCOC3)cc2)[C@H](O)[C@@H](O)[C@@H]1O. The van der Waals surface area contributed by atoms with Gasteiger partial charge in [-0.3, -0.25) is 0 Å². The molecule has 2 aliphatic heterocycles. The Balaban J connectivity index is 1.43. The van der Waals surface area contributed by atoms with E-state index in [0.717, 1.165) is 29.9 Å². The second-order valence-corrected chi connectivity index (χ2v) is 7.85. The number of benzene rings is 2. The van der Waals surface area contributed by atoms with Gasteiger partial charge in [0, 0.05) is 12.8 Å². The third kappa shape index (κ3) is 5.17. The molecule has 8 nitrogen and oxygen atoms in total. The molecule has 0 aromatic heterocycles. The van der Waals surface area contributed by atoms with Crippen LogP contribution in [0.15, 0.2) is 48.5 Å². The Morgan fingerprint density at radius 3 is 2.39 bits per heavy atom. The van der Waals surface area contributed by atoms with Crippen LogP contribution in [0.2, 0.25) is 0 Å². The van der Waals surface area contributed by atoms with Crippen LogP contribution in [-0.2, 0) is 15.9 Å². The minimum Gasteiger partial charge on any atom is -0.488 e. The lowest BCUT2D eigenvalue weighted by atomic mass is 9.99. The van der Waals surface area contributed by atoms with Gasteiger partial charge in [0.25, 0.3) is 0 Å². The summed E-state index contributed by atoms with van der Waals surface area (Å²) in [6, 6.07) is 15.1. The lowest BCUT2D eigenvalue weighted by Gasteiger charge is -2.39. The number of aliphatic hydroxyl groups is 4. The molecular formula is C23H28O8.